The van der Waals surface area contributed by atoms with E-state index in [2.05, 4.69) is 10.1 Å². The number of aryl methyl sites for hydroxylation is 1. The highest BCUT2D eigenvalue weighted by Crippen LogP contribution is 2.30. The number of amides is 2. The maximum Gasteiger partial charge on any atom is 0.387 e. The highest BCUT2D eigenvalue weighted by atomic mass is 19.3. The van der Waals surface area contributed by atoms with Gasteiger partial charge in [-0.1, -0.05) is 6.07 Å². The first-order valence-electron chi connectivity index (χ1n) is 10.9. The van der Waals surface area contributed by atoms with Crippen molar-refractivity contribution in [2.75, 3.05) is 25.6 Å². The zero-order valence-electron chi connectivity index (χ0n) is 18.7. The standard InChI is InChI=1S/C24H28F2N2O5/c1-3-31-21-13-16(6-10-20(21)33-24(25)26)15-28(2)23(30)5-4-12-32-18-8-9-19-17(14-18)7-11-22(29)27-19/h6,8-10,13-14,24H,3-5,7,11-12,15H2,1-2H3,(H,27,29). The van der Waals surface area contributed by atoms with E-state index in [1.165, 1.54) is 6.07 Å². The lowest BCUT2D eigenvalue weighted by molar-refractivity contribution is -0.130. The first-order chi connectivity index (χ1) is 15.9. The van der Waals surface area contributed by atoms with Crippen LogP contribution in [0.3, 0.4) is 0 Å². The van der Waals surface area contributed by atoms with Gasteiger partial charge in [0.2, 0.25) is 11.8 Å². The summed E-state index contributed by atoms with van der Waals surface area (Å²) in [7, 11) is 1.69. The van der Waals surface area contributed by atoms with Crippen molar-refractivity contribution in [3.8, 4) is 17.2 Å². The number of nitrogens with zero attached hydrogens (tertiary/aromatic N) is 1. The van der Waals surface area contributed by atoms with Gasteiger partial charge in [0.05, 0.1) is 13.2 Å². The molecule has 178 valence electrons. The highest BCUT2D eigenvalue weighted by Gasteiger charge is 2.16. The lowest BCUT2D eigenvalue weighted by Crippen LogP contribution is -2.26. The molecule has 33 heavy (non-hydrogen) atoms. The Bertz CT molecular complexity index is 983. The predicted molar refractivity (Wildman–Crippen MR) is 119 cm³/mol. The highest BCUT2D eigenvalue weighted by molar-refractivity contribution is 5.94. The number of hydrogen-bond acceptors (Lipinski definition) is 5. The predicted octanol–water partition coefficient (Wildman–Crippen LogP) is 4.39. The Morgan fingerprint density at radius 3 is 2.70 bits per heavy atom. The van der Waals surface area contributed by atoms with Gasteiger partial charge in [0, 0.05) is 32.1 Å². The van der Waals surface area contributed by atoms with E-state index in [9.17, 15) is 18.4 Å². The van der Waals surface area contributed by atoms with Crippen LogP contribution < -0.4 is 19.5 Å². The molecule has 2 aromatic carbocycles. The van der Waals surface area contributed by atoms with Crippen LogP contribution in [-0.2, 0) is 22.6 Å². The number of fused-ring (bicyclic) bond motifs is 1. The molecule has 1 aliphatic rings. The van der Waals surface area contributed by atoms with Crippen molar-refractivity contribution in [3.05, 3.63) is 47.5 Å². The van der Waals surface area contributed by atoms with Crippen molar-refractivity contribution < 1.29 is 32.6 Å². The van der Waals surface area contributed by atoms with E-state index < -0.39 is 6.61 Å². The first kappa shape index (κ1) is 24.3. The maximum absolute atomic E-state index is 12.5. The van der Waals surface area contributed by atoms with Crippen molar-refractivity contribution in [3.63, 3.8) is 0 Å². The molecule has 2 aromatic rings. The molecule has 0 unspecified atom stereocenters. The lowest BCUT2D eigenvalue weighted by atomic mass is 10.0. The summed E-state index contributed by atoms with van der Waals surface area (Å²) < 4.78 is 40.7. The minimum atomic E-state index is -2.94. The third kappa shape index (κ3) is 7.06. The van der Waals surface area contributed by atoms with Crippen molar-refractivity contribution >= 4 is 17.5 Å². The van der Waals surface area contributed by atoms with Gasteiger partial charge in [0.25, 0.3) is 0 Å². The topological polar surface area (TPSA) is 77.1 Å². The summed E-state index contributed by atoms with van der Waals surface area (Å²) in [5, 5.41) is 2.83. The third-order valence-corrected chi connectivity index (χ3v) is 5.15. The van der Waals surface area contributed by atoms with Crippen LogP contribution in [0.4, 0.5) is 14.5 Å². The number of benzene rings is 2. The Kier molecular flexibility index (Phi) is 8.46. The summed E-state index contributed by atoms with van der Waals surface area (Å²) in [6.07, 6.45) is 2.00. The number of halogens is 2. The number of carbonyl (C=O) groups is 2. The Balaban J connectivity index is 1.46. The molecule has 0 radical (unpaired) electrons. The van der Waals surface area contributed by atoms with Gasteiger partial charge in [-0.25, -0.2) is 0 Å². The average molecular weight is 462 g/mol. The average Bonchev–Trinajstić information content (AvgIpc) is 2.78. The molecule has 1 N–H and O–H groups in total. The van der Waals surface area contributed by atoms with E-state index in [1.807, 2.05) is 12.1 Å². The molecule has 0 aromatic heterocycles. The van der Waals surface area contributed by atoms with Crippen LogP contribution in [0, 0.1) is 0 Å². The fourth-order valence-electron chi connectivity index (χ4n) is 3.53. The summed E-state index contributed by atoms with van der Waals surface area (Å²) in [6, 6.07) is 10.2. The number of ether oxygens (including phenoxy) is 3. The van der Waals surface area contributed by atoms with Crippen LogP contribution in [0.5, 0.6) is 17.2 Å². The third-order valence-electron chi connectivity index (χ3n) is 5.15. The quantitative estimate of drug-likeness (QED) is 0.502. The monoisotopic (exact) mass is 462 g/mol. The van der Waals surface area contributed by atoms with Crippen LogP contribution >= 0.6 is 0 Å². The van der Waals surface area contributed by atoms with E-state index in [4.69, 9.17) is 9.47 Å². The summed E-state index contributed by atoms with van der Waals surface area (Å²) in [5.74, 6) is 0.851. The summed E-state index contributed by atoms with van der Waals surface area (Å²) in [6.45, 7) is -0.192. The molecule has 0 fully saturated rings. The van der Waals surface area contributed by atoms with Crippen molar-refractivity contribution in [2.45, 2.75) is 45.8 Å². The molecule has 1 aliphatic heterocycles. The molecule has 9 heteroatoms. The lowest BCUT2D eigenvalue weighted by Gasteiger charge is -2.19. The Morgan fingerprint density at radius 2 is 1.94 bits per heavy atom. The van der Waals surface area contributed by atoms with Gasteiger partial charge < -0.3 is 24.4 Å². The van der Waals surface area contributed by atoms with E-state index in [0.29, 0.717) is 51.2 Å². The number of nitrogens with one attached hydrogen (secondary N) is 1. The number of anilines is 1. The van der Waals surface area contributed by atoms with Gasteiger partial charge in [-0.15, -0.1) is 0 Å². The Hall–Kier alpha value is -3.36. The molecule has 0 saturated carbocycles. The fraction of sp³-hybridized carbons (Fsp3) is 0.417. The van der Waals surface area contributed by atoms with E-state index in [1.54, 1.807) is 37.1 Å². The zero-order valence-corrected chi connectivity index (χ0v) is 18.7. The summed E-state index contributed by atoms with van der Waals surface area (Å²) in [5.41, 5.74) is 2.60. The molecule has 0 spiro atoms. The van der Waals surface area contributed by atoms with Gasteiger partial charge in [-0.2, -0.15) is 8.78 Å². The van der Waals surface area contributed by atoms with Crippen LogP contribution in [0.1, 0.15) is 37.3 Å². The van der Waals surface area contributed by atoms with Crippen molar-refractivity contribution in [1.29, 1.82) is 0 Å². The molecular formula is C24H28F2N2O5. The first-order valence-corrected chi connectivity index (χ1v) is 10.9. The number of carbonyl (C=O) groups excluding carboxylic acids is 2. The smallest absolute Gasteiger partial charge is 0.387 e. The van der Waals surface area contributed by atoms with Crippen molar-refractivity contribution in [2.24, 2.45) is 0 Å². The number of hydrogen-bond donors (Lipinski definition) is 1. The van der Waals surface area contributed by atoms with Crippen LogP contribution in [0.2, 0.25) is 0 Å². The second kappa shape index (κ2) is 11.5. The second-order valence-electron chi connectivity index (χ2n) is 7.66. The number of alkyl halides is 2. The van der Waals surface area contributed by atoms with Gasteiger partial charge >= 0.3 is 6.61 Å². The molecular weight excluding hydrogens is 434 g/mol. The fourth-order valence-corrected chi connectivity index (χ4v) is 3.53. The van der Waals surface area contributed by atoms with Gasteiger partial charge in [0.1, 0.15) is 5.75 Å². The minimum absolute atomic E-state index is 0.0188. The Morgan fingerprint density at radius 1 is 1.12 bits per heavy atom. The molecule has 0 atom stereocenters. The summed E-state index contributed by atoms with van der Waals surface area (Å²) >= 11 is 0. The van der Waals surface area contributed by atoms with Crippen LogP contribution in [-0.4, -0.2) is 43.6 Å². The molecule has 0 saturated heterocycles. The van der Waals surface area contributed by atoms with Crippen molar-refractivity contribution in [1.82, 2.24) is 4.90 Å². The van der Waals surface area contributed by atoms with Gasteiger partial charge in [-0.05, 0) is 61.2 Å². The maximum atomic E-state index is 12.5. The molecule has 2 amide bonds. The van der Waals surface area contributed by atoms with E-state index in [-0.39, 0.29) is 23.3 Å². The largest absolute Gasteiger partial charge is 0.494 e. The van der Waals surface area contributed by atoms with E-state index in [0.717, 1.165) is 16.8 Å². The van der Waals surface area contributed by atoms with Crippen LogP contribution in [0.15, 0.2) is 36.4 Å². The van der Waals surface area contributed by atoms with Gasteiger partial charge in [-0.3, -0.25) is 9.59 Å². The van der Waals surface area contributed by atoms with Gasteiger partial charge in [0.15, 0.2) is 11.5 Å². The summed E-state index contributed by atoms with van der Waals surface area (Å²) in [4.78, 5) is 25.5. The second-order valence-corrected chi connectivity index (χ2v) is 7.66. The van der Waals surface area contributed by atoms with E-state index >= 15 is 0 Å². The molecule has 1 heterocycles. The molecule has 0 aliphatic carbocycles. The normalized spacial score (nSPS) is 12.7. The molecule has 0 bridgehead atoms. The van der Waals surface area contributed by atoms with Crippen LogP contribution in [0.25, 0.3) is 0 Å². The zero-order chi connectivity index (χ0) is 23.8. The molecule has 3 rings (SSSR count). The Labute approximate surface area is 191 Å². The molecule has 7 nitrogen and oxygen atoms in total. The minimum Gasteiger partial charge on any atom is -0.494 e. The SMILES string of the molecule is CCOc1cc(CN(C)C(=O)CCCOc2ccc3c(c2)CCC(=O)N3)ccc1OC(F)F. The number of rotatable bonds is 11.